The van der Waals surface area contributed by atoms with Crippen LogP contribution in [-0.4, -0.2) is 58.4 Å². The van der Waals surface area contributed by atoms with Gasteiger partial charge in [-0.2, -0.15) is 13.1 Å². The molecular weight excluding hydrogens is 384 g/mol. The van der Waals surface area contributed by atoms with E-state index >= 15 is 0 Å². The van der Waals surface area contributed by atoms with Crippen molar-refractivity contribution in [3.8, 4) is 0 Å². The first kappa shape index (κ1) is 20.1. The van der Waals surface area contributed by atoms with Gasteiger partial charge in [0, 0.05) is 30.6 Å². The predicted molar refractivity (Wildman–Crippen MR) is 96.4 cm³/mol. The lowest BCUT2D eigenvalue weighted by molar-refractivity contribution is -0.138. The quantitative estimate of drug-likeness (QED) is 0.569. The van der Waals surface area contributed by atoms with Gasteiger partial charge in [-0.05, 0) is 12.1 Å². The van der Waals surface area contributed by atoms with E-state index in [2.05, 4.69) is 0 Å². The van der Waals surface area contributed by atoms with Crippen molar-refractivity contribution in [2.24, 2.45) is 0 Å². The number of nitrogens with zero attached hydrogens (tertiary/aromatic N) is 1. The maximum atomic E-state index is 12.7. The smallest absolute Gasteiger partial charge is 0.322 e. The maximum absolute atomic E-state index is 12.7. The van der Waals surface area contributed by atoms with Crippen LogP contribution in [0.25, 0.3) is 10.8 Å². The molecule has 0 spiro atoms. The van der Waals surface area contributed by atoms with Crippen LogP contribution in [0.2, 0.25) is 0 Å². The van der Waals surface area contributed by atoms with Crippen LogP contribution in [0.4, 0.5) is 5.69 Å². The minimum absolute atomic E-state index is 0.194. The van der Waals surface area contributed by atoms with Gasteiger partial charge >= 0.3 is 5.97 Å². The topological polar surface area (TPSA) is 141 Å². The number of fused-ring (bicyclic) bond motifs is 1. The highest BCUT2D eigenvalue weighted by Gasteiger charge is 2.30. The molecule has 0 fully saturated rings. The lowest BCUT2D eigenvalue weighted by atomic mass is 10.1. The van der Waals surface area contributed by atoms with Gasteiger partial charge in [0.1, 0.15) is 11.8 Å². The van der Waals surface area contributed by atoms with Crippen molar-refractivity contribution in [3.63, 3.8) is 0 Å². The van der Waals surface area contributed by atoms with E-state index in [1.807, 2.05) is 4.72 Å². The highest BCUT2D eigenvalue weighted by Crippen LogP contribution is 2.30. The first-order chi connectivity index (χ1) is 11.9. The second kappa shape index (κ2) is 7.19. The summed E-state index contributed by atoms with van der Waals surface area (Å²) in [7, 11) is -5.48. The molecule has 9 nitrogen and oxygen atoms in total. The van der Waals surface area contributed by atoms with Gasteiger partial charge < -0.3 is 10.0 Å². The van der Waals surface area contributed by atoms with E-state index in [4.69, 9.17) is 9.66 Å². The molecule has 0 unspecified atom stereocenters. The standard InChI is InChI=1S/C15H18N2O7S2/c1-17(2)13-7-3-6-11-10(13)5-4-8-14(11)26(23,24)16-12(15(18)19)9-25(20,21)22/h3-8,12,16H,9H2,1-2H3,(H,18,19)(H,20,21,22)/t12-/m0/s1. The summed E-state index contributed by atoms with van der Waals surface area (Å²) in [4.78, 5) is 12.8. The molecule has 26 heavy (non-hydrogen) atoms. The predicted octanol–water partition coefficient (Wildman–Crippen LogP) is 0.525. The van der Waals surface area contributed by atoms with Gasteiger partial charge in [-0.15, -0.1) is 0 Å². The first-order valence-electron chi connectivity index (χ1n) is 7.32. The summed E-state index contributed by atoms with van der Waals surface area (Å²) >= 11 is 0. The number of benzene rings is 2. The Balaban J connectivity index is 2.56. The van der Waals surface area contributed by atoms with Gasteiger partial charge in [-0.1, -0.05) is 24.3 Å². The number of anilines is 1. The molecule has 0 aromatic heterocycles. The van der Waals surface area contributed by atoms with E-state index in [0.717, 1.165) is 5.69 Å². The molecule has 1 atom stereocenters. The molecule has 0 saturated carbocycles. The van der Waals surface area contributed by atoms with Gasteiger partial charge in [-0.25, -0.2) is 8.42 Å². The molecule has 0 bridgehead atoms. The van der Waals surface area contributed by atoms with Crippen LogP contribution in [0.5, 0.6) is 0 Å². The fourth-order valence-electron chi connectivity index (χ4n) is 2.51. The van der Waals surface area contributed by atoms with Crippen molar-refractivity contribution in [2.75, 3.05) is 24.7 Å². The van der Waals surface area contributed by atoms with Crippen LogP contribution in [0.3, 0.4) is 0 Å². The molecule has 0 heterocycles. The van der Waals surface area contributed by atoms with Gasteiger partial charge in [0.15, 0.2) is 0 Å². The fourth-order valence-corrected chi connectivity index (χ4v) is 4.67. The summed E-state index contributed by atoms with van der Waals surface area (Å²) in [6.07, 6.45) is 0. The van der Waals surface area contributed by atoms with E-state index in [9.17, 15) is 21.6 Å². The second-order valence-corrected chi connectivity index (χ2v) is 8.96. The Bertz CT molecular complexity index is 1050. The minimum Gasteiger partial charge on any atom is -0.480 e. The Morgan fingerprint density at radius 2 is 1.65 bits per heavy atom. The van der Waals surface area contributed by atoms with E-state index < -0.39 is 37.9 Å². The number of carboxylic acids is 1. The van der Waals surface area contributed by atoms with Crippen LogP contribution < -0.4 is 9.62 Å². The Morgan fingerprint density at radius 3 is 2.19 bits per heavy atom. The van der Waals surface area contributed by atoms with Crippen LogP contribution in [0.1, 0.15) is 0 Å². The van der Waals surface area contributed by atoms with Crippen molar-refractivity contribution in [1.82, 2.24) is 4.72 Å². The summed E-state index contributed by atoms with van der Waals surface area (Å²) < 4.78 is 57.9. The number of rotatable bonds is 7. The van der Waals surface area contributed by atoms with Crippen LogP contribution >= 0.6 is 0 Å². The number of sulfonamides is 1. The highest BCUT2D eigenvalue weighted by atomic mass is 32.2. The first-order valence-corrected chi connectivity index (χ1v) is 10.4. The number of aliphatic carboxylic acids is 1. The van der Waals surface area contributed by atoms with Crippen LogP contribution in [0.15, 0.2) is 41.3 Å². The monoisotopic (exact) mass is 402 g/mol. The number of nitrogens with one attached hydrogen (secondary N) is 1. The summed E-state index contributed by atoms with van der Waals surface area (Å²) in [6, 6.07) is 7.50. The van der Waals surface area contributed by atoms with E-state index in [0.29, 0.717) is 10.8 Å². The van der Waals surface area contributed by atoms with Gasteiger partial charge in [0.2, 0.25) is 10.0 Å². The Morgan fingerprint density at radius 1 is 1.08 bits per heavy atom. The third kappa shape index (κ3) is 4.49. The lowest BCUT2D eigenvalue weighted by Crippen LogP contribution is -2.45. The number of carbonyl (C=O) groups is 1. The summed E-state index contributed by atoms with van der Waals surface area (Å²) in [6.45, 7) is 0. The third-order valence-electron chi connectivity index (χ3n) is 3.60. The van der Waals surface area contributed by atoms with Crippen LogP contribution in [0, 0.1) is 0 Å². The van der Waals surface area contributed by atoms with Crippen molar-refractivity contribution in [1.29, 1.82) is 0 Å². The number of hydrogen-bond donors (Lipinski definition) is 3. The molecule has 11 heteroatoms. The van der Waals surface area contributed by atoms with E-state index in [1.165, 1.54) is 12.1 Å². The van der Waals surface area contributed by atoms with Crippen molar-refractivity contribution in [2.45, 2.75) is 10.9 Å². The van der Waals surface area contributed by atoms with E-state index in [-0.39, 0.29) is 4.90 Å². The lowest BCUT2D eigenvalue weighted by Gasteiger charge is -2.18. The van der Waals surface area contributed by atoms with E-state index in [1.54, 1.807) is 43.3 Å². The van der Waals surface area contributed by atoms with Gasteiger partial charge in [0.05, 0.1) is 4.90 Å². The normalized spacial score (nSPS) is 13.5. The molecule has 2 rings (SSSR count). The molecule has 0 aliphatic heterocycles. The Hall–Kier alpha value is -2.21. The average molecular weight is 402 g/mol. The SMILES string of the molecule is CN(C)c1cccc2c(S(=O)(=O)N[C@@H](CS(=O)(=O)O)C(=O)O)cccc12. The third-order valence-corrected chi connectivity index (χ3v) is 5.89. The molecule has 0 aliphatic rings. The molecule has 2 aromatic carbocycles. The number of hydrogen-bond acceptors (Lipinski definition) is 6. The largest absolute Gasteiger partial charge is 0.480 e. The summed E-state index contributed by atoms with van der Waals surface area (Å²) in [5.41, 5.74) is 0.757. The highest BCUT2D eigenvalue weighted by molar-refractivity contribution is 7.90. The second-order valence-electron chi connectivity index (χ2n) is 5.78. The maximum Gasteiger partial charge on any atom is 0.322 e. The molecule has 142 valence electrons. The molecular formula is C15H18N2O7S2. The average Bonchev–Trinajstić information content (AvgIpc) is 2.51. The van der Waals surface area contributed by atoms with Crippen molar-refractivity contribution < 1.29 is 31.3 Å². The zero-order chi connectivity index (χ0) is 19.7. The fraction of sp³-hybridized carbons (Fsp3) is 0.267. The zero-order valence-electron chi connectivity index (χ0n) is 13.9. The van der Waals surface area contributed by atoms with Crippen LogP contribution in [-0.2, 0) is 24.9 Å². The zero-order valence-corrected chi connectivity index (χ0v) is 15.6. The Labute approximate surface area is 151 Å². The minimum atomic E-state index is -4.70. The molecule has 0 amide bonds. The Kier molecular flexibility index (Phi) is 5.56. The van der Waals surface area contributed by atoms with Gasteiger partial charge in [0.25, 0.3) is 10.1 Å². The number of carboxylic acid groups (broad SMARTS) is 1. The summed E-state index contributed by atoms with van der Waals surface area (Å²) in [5.74, 6) is -3.00. The molecule has 3 N–H and O–H groups in total. The molecule has 0 saturated heterocycles. The molecule has 2 aromatic rings. The molecule has 0 radical (unpaired) electrons. The van der Waals surface area contributed by atoms with Crippen molar-refractivity contribution >= 4 is 42.6 Å². The summed E-state index contributed by atoms with van der Waals surface area (Å²) in [5, 5.41) is 10.0. The molecule has 0 aliphatic carbocycles. The van der Waals surface area contributed by atoms with Gasteiger partial charge in [-0.3, -0.25) is 9.35 Å². The van der Waals surface area contributed by atoms with Crippen molar-refractivity contribution in [3.05, 3.63) is 36.4 Å².